The molecule has 1 N–H and O–H groups in total. The number of hydrogen-bond donors (Lipinski definition) is 1. The molecule has 1 aromatic rings. The third kappa shape index (κ3) is 3.40. The normalized spacial score (nSPS) is 18.7. The van der Waals surface area contributed by atoms with Gasteiger partial charge in [0, 0.05) is 16.1 Å². The molecule has 0 amide bonds. The molecule has 1 aliphatic rings. The lowest BCUT2D eigenvalue weighted by molar-refractivity contribution is 0.344. The van der Waals surface area contributed by atoms with E-state index in [4.69, 9.17) is 23.2 Å². The zero-order chi connectivity index (χ0) is 13.1. The van der Waals surface area contributed by atoms with Crippen LogP contribution in [0.5, 0.6) is 0 Å². The van der Waals surface area contributed by atoms with Crippen LogP contribution in [0.2, 0.25) is 10.0 Å². The van der Waals surface area contributed by atoms with E-state index in [9.17, 15) is 0 Å². The summed E-state index contributed by atoms with van der Waals surface area (Å²) in [5.41, 5.74) is 1.08. The fourth-order valence-electron chi connectivity index (χ4n) is 2.60. The predicted molar refractivity (Wildman–Crippen MR) is 79.5 cm³/mol. The number of nitrogens with one attached hydrogen (secondary N) is 1. The minimum Gasteiger partial charge on any atom is -0.314 e. The van der Waals surface area contributed by atoms with Gasteiger partial charge in [-0.25, -0.2) is 0 Å². The zero-order valence-corrected chi connectivity index (χ0v) is 12.6. The third-order valence-corrected chi connectivity index (χ3v) is 4.66. The summed E-state index contributed by atoms with van der Waals surface area (Å²) in [5.74, 6) is 1.58. The standard InChI is InChI=1S/C15H21Cl2N/c1-3-18-15(10(2)11-7-8-11)9-12-13(16)5-4-6-14(12)17/h4-6,10-11,15,18H,3,7-9H2,1-2H3. The first-order valence-electron chi connectivity index (χ1n) is 6.79. The average molecular weight is 286 g/mol. The third-order valence-electron chi connectivity index (χ3n) is 3.95. The van der Waals surface area contributed by atoms with Crippen LogP contribution in [0.15, 0.2) is 18.2 Å². The lowest BCUT2D eigenvalue weighted by Crippen LogP contribution is -2.37. The largest absolute Gasteiger partial charge is 0.314 e. The first-order valence-corrected chi connectivity index (χ1v) is 7.55. The van der Waals surface area contributed by atoms with Gasteiger partial charge in [0.05, 0.1) is 0 Å². The van der Waals surface area contributed by atoms with E-state index in [-0.39, 0.29) is 0 Å². The van der Waals surface area contributed by atoms with Crippen LogP contribution in [0, 0.1) is 11.8 Å². The van der Waals surface area contributed by atoms with Gasteiger partial charge in [-0.1, -0.05) is 43.1 Å². The Balaban J connectivity index is 2.12. The minimum atomic E-state index is 0.472. The lowest BCUT2D eigenvalue weighted by Gasteiger charge is -2.25. The smallest absolute Gasteiger partial charge is 0.0453 e. The van der Waals surface area contributed by atoms with Crippen LogP contribution in [-0.2, 0) is 6.42 Å². The SMILES string of the molecule is CCNC(Cc1c(Cl)cccc1Cl)C(C)C1CC1. The highest BCUT2D eigenvalue weighted by Crippen LogP contribution is 2.39. The van der Waals surface area contributed by atoms with Crippen molar-refractivity contribution in [2.75, 3.05) is 6.54 Å². The van der Waals surface area contributed by atoms with Gasteiger partial charge in [0.1, 0.15) is 0 Å². The van der Waals surface area contributed by atoms with Crippen LogP contribution in [-0.4, -0.2) is 12.6 Å². The maximum atomic E-state index is 6.26. The average Bonchev–Trinajstić information content (AvgIpc) is 3.16. The summed E-state index contributed by atoms with van der Waals surface area (Å²) in [6.07, 6.45) is 3.67. The second-order valence-corrected chi connectivity index (χ2v) is 6.08. The van der Waals surface area contributed by atoms with Crippen molar-refractivity contribution in [2.24, 2.45) is 11.8 Å². The molecule has 1 fully saturated rings. The highest BCUT2D eigenvalue weighted by atomic mass is 35.5. The molecule has 1 saturated carbocycles. The topological polar surface area (TPSA) is 12.0 Å². The van der Waals surface area contributed by atoms with Gasteiger partial charge in [-0.05, 0) is 55.3 Å². The molecule has 0 saturated heterocycles. The first-order chi connectivity index (χ1) is 8.63. The minimum absolute atomic E-state index is 0.472. The Morgan fingerprint density at radius 3 is 2.39 bits per heavy atom. The zero-order valence-electron chi connectivity index (χ0n) is 11.0. The Bertz CT molecular complexity index is 381. The van der Waals surface area contributed by atoms with Crippen LogP contribution in [0.4, 0.5) is 0 Å². The second kappa shape index (κ2) is 6.27. The van der Waals surface area contributed by atoms with Crippen LogP contribution in [0.1, 0.15) is 32.3 Å². The van der Waals surface area contributed by atoms with Gasteiger partial charge in [-0.15, -0.1) is 0 Å². The molecule has 0 heterocycles. The van der Waals surface area contributed by atoms with E-state index >= 15 is 0 Å². The Labute approximate surface area is 120 Å². The van der Waals surface area contributed by atoms with Crippen LogP contribution in [0.25, 0.3) is 0 Å². The molecule has 0 spiro atoms. The number of benzene rings is 1. The van der Waals surface area contributed by atoms with Gasteiger partial charge in [0.25, 0.3) is 0 Å². The van der Waals surface area contributed by atoms with E-state index in [2.05, 4.69) is 19.2 Å². The van der Waals surface area contributed by atoms with E-state index in [1.807, 2.05) is 18.2 Å². The summed E-state index contributed by atoms with van der Waals surface area (Å²) < 4.78 is 0. The maximum Gasteiger partial charge on any atom is 0.0453 e. The molecule has 2 atom stereocenters. The van der Waals surface area contributed by atoms with E-state index in [1.54, 1.807) is 0 Å². The van der Waals surface area contributed by atoms with Crippen molar-refractivity contribution in [1.82, 2.24) is 5.32 Å². The Hall–Kier alpha value is -0.240. The maximum absolute atomic E-state index is 6.26. The number of likely N-dealkylation sites (N-methyl/N-ethyl adjacent to an activating group) is 1. The van der Waals surface area contributed by atoms with Crippen LogP contribution in [0.3, 0.4) is 0 Å². The van der Waals surface area contributed by atoms with E-state index in [1.165, 1.54) is 12.8 Å². The van der Waals surface area contributed by atoms with Gasteiger partial charge in [0.2, 0.25) is 0 Å². The molecule has 2 unspecified atom stereocenters. The Morgan fingerprint density at radius 1 is 1.28 bits per heavy atom. The molecule has 18 heavy (non-hydrogen) atoms. The molecular weight excluding hydrogens is 265 g/mol. The quantitative estimate of drug-likeness (QED) is 0.808. The lowest BCUT2D eigenvalue weighted by atomic mass is 9.91. The van der Waals surface area contributed by atoms with Crippen LogP contribution >= 0.6 is 23.2 Å². The molecule has 0 aromatic heterocycles. The Morgan fingerprint density at radius 2 is 1.89 bits per heavy atom. The molecule has 1 aromatic carbocycles. The van der Waals surface area contributed by atoms with Crippen molar-refractivity contribution < 1.29 is 0 Å². The van der Waals surface area contributed by atoms with Crippen molar-refractivity contribution in [3.63, 3.8) is 0 Å². The Kier molecular flexibility index (Phi) is 4.94. The number of rotatable bonds is 6. The summed E-state index contributed by atoms with van der Waals surface area (Å²) in [6.45, 7) is 5.49. The fraction of sp³-hybridized carbons (Fsp3) is 0.600. The van der Waals surface area contributed by atoms with Crippen LogP contribution < -0.4 is 5.32 Å². The van der Waals surface area contributed by atoms with Crippen molar-refractivity contribution in [1.29, 1.82) is 0 Å². The van der Waals surface area contributed by atoms with E-state index < -0.39 is 0 Å². The second-order valence-electron chi connectivity index (χ2n) is 5.27. The molecular formula is C15H21Cl2N. The fourth-order valence-corrected chi connectivity index (χ4v) is 3.16. The van der Waals surface area contributed by atoms with E-state index in [0.29, 0.717) is 12.0 Å². The summed E-state index contributed by atoms with van der Waals surface area (Å²) in [7, 11) is 0. The number of halogens is 2. The number of hydrogen-bond acceptors (Lipinski definition) is 1. The molecule has 100 valence electrons. The molecule has 1 nitrogen and oxygen atoms in total. The summed E-state index contributed by atoms with van der Waals surface area (Å²) in [4.78, 5) is 0. The summed E-state index contributed by atoms with van der Waals surface area (Å²) >= 11 is 12.5. The van der Waals surface area contributed by atoms with Crippen molar-refractivity contribution >= 4 is 23.2 Å². The van der Waals surface area contributed by atoms with Gasteiger partial charge in [-0.3, -0.25) is 0 Å². The highest BCUT2D eigenvalue weighted by Gasteiger charge is 2.33. The predicted octanol–water partition coefficient (Wildman–Crippen LogP) is 4.56. The van der Waals surface area contributed by atoms with Crippen molar-refractivity contribution in [3.05, 3.63) is 33.8 Å². The molecule has 3 heteroatoms. The van der Waals surface area contributed by atoms with Crippen molar-refractivity contribution in [2.45, 2.75) is 39.2 Å². The first kappa shape index (κ1) is 14.2. The molecule has 0 bridgehead atoms. The van der Waals surface area contributed by atoms with Crippen molar-refractivity contribution in [3.8, 4) is 0 Å². The van der Waals surface area contributed by atoms with E-state index in [0.717, 1.165) is 34.5 Å². The van der Waals surface area contributed by atoms with Gasteiger partial charge in [-0.2, -0.15) is 0 Å². The molecule has 1 aliphatic carbocycles. The summed E-state index contributed by atoms with van der Waals surface area (Å²) in [5, 5.41) is 5.16. The van der Waals surface area contributed by atoms with Gasteiger partial charge < -0.3 is 5.32 Å². The summed E-state index contributed by atoms with van der Waals surface area (Å²) in [6, 6.07) is 6.22. The molecule has 0 aliphatic heterocycles. The van der Waals surface area contributed by atoms with Gasteiger partial charge >= 0.3 is 0 Å². The molecule has 2 rings (SSSR count). The highest BCUT2D eigenvalue weighted by molar-refractivity contribution is 6.36. The monoisotopic (exact) mass is 285 g/mol. The van der Waals surface area contributed by atoms with Gasteiger partial charge in [0.15, 0.2) is 0 Å². The molecule has 0 radical (unpaired) electrons.